The standard InChI is InChI=1S/C17H25N5O3/c1-4-11(3)9-22-10-12(6-14(22)17(25)18-5-2)21-16(24)13-7-20-15(23)8-19-13/h4,7-8,12,14H,5-6,9-10H2,1-3H3,(H,18,25)(H,20,23)(H,21,24)/b11-4+/t12-,14+/m1/s1. The van der Waals surface area contributed by atoms with E-state index in [4.69, 9.17) is 0 Å². The van der Waals surface area contributed by atoms with Gasteiger partial charge >= 0.3 is 0 Å². The van der Waals surface area contributed by atoms with E-state index in [1.807, 2.05) is 26.8 Å². The molecule has 1 saturated heterocycles. The maximum absolute atomic E-state index is 12.3. The van der Waals surface area contributed by atoms with Gasteiger partial charge in [-0.15, -0.1) is 0 Å². The first-order valence-corrected chi connectivity index (χ1v) is 8.43. The highest BCUT2D eigenvalue weighted by atomic mass is 16.2. The Hall–Kier alpha value is -2.48. The molecule has 1 aromatic heterocycles. The number of carbonyl (C=O) groups excluding carboxylic acids is 2. The van der Waals surface area contributed by atoms with Gasteiger partial charge in [0.25, 0.3) is 11.5 Å². The smallest absolute Gasteiger partial charge is 0.271 e. The van der Waals surface area contributed by atoms with Crippen molar-refractivity contribution in [2.45, 2.75) is 39.3 Å². The largest absolute Gasteiger partial charge is 0.355 e. The second kappa shape index (κ2) is 8.57. The van der Waals surface area contributed by atoms with Gasteiger partial charge in [-0.1, -0.05) is 11.6 Å². The van der Waals surface area contributed by atoms with E-state index in [0.29, 0.717) is 26.1 Å². The molecule has 1 aromatic rings. The number of nitrogens with one attached hydrogen (secondary N) is 3. The molecule has 0 aromatic carbocycles. The van der Waals surface area contributed by atoms with Crippen molar-refractivity contribution in [3.8, 4) is 0 Å². The van der Waals surface area contributed by atoms with Crippen molar-refractivity contribution in [1.82, 2.24) is 25.5 Å². The SMILES string of the molecule is C/C=C(\C)CN1C[C@H](NC(=O)c2c[nH]c(=O)cn2)C[C@H]1C(=O)NCC. The summed E-state index contributed by atoms with van der Waals surface area (Å²) in [6.07, 6.45) is 4.92. The van der Waals surface area contributed by atoms with Crippen molar-refractivity contribution in [3.05, 3.63) is 40.1 Å². The first kappa shape index (κ1) is 18.9. The van der Waals surface area contributed by atoms with Crippen molar-refractivity contribution >= 4 is 11.8 Å². The molecule has 1 aliphatic heterocycles. The zero-order valence-corrected chi connectivity index (χ0v) is 14.8. The zero-order chi connectivity index (χ0) is 18.4. The van der Waals surface area contributed by atoms with E-state index < -0.39 is 0 Å². The lowest BCUT2D eigenvalue weighted by atomic mass is 10.1. The normalized spacial score (nSPS) is 21.2. The Balaban J connectivity index is 2.06. The molecule has 0 unspecified atom stereocenters. The Kier molecular flexibility index (Phi) is 6.46. The molecule has 8 nitrogen and oxygen atoms in total. The minimum atomic E-state index is -0.361. The Bertz CT molecular complexity index is 692. The van der Waals surface area contributed by atoms with E-state index in [0.717, 1.165) is 6.20 Å². The van der Waals surface area contributed by atoms with Crippen molar-refractivity contribution in [1.29, 1.82) is 0 Å². The third kappa shape index (κ3) is 4.99. The Morgan fingerprint density at radius 3 is 2.84 bits per heavy atom. The Morgan fingerprint density at radius 2 is 2.24 bits per heavy atom. The molecule has 2 atom stereocenters. The number of aromatic amines is 1. The number of rotatable bonds is 6. The van der Waals surface area contributed by atoms with Gasteiger partial charge in [-0.2, -0.15) is 0 Å². The summed E-state index contributed by atoms with van der Waals surface area (Å²) in [6.45, 7) is 7.71. The molecular weight excluding hydrogens is 322 g/mol. The van der Waals surface area contributed by atoms with Crippen LogP contribution in [0.2, 0.25) is 0 Å². The van der Waals surface area contributed by atoms with E-state index in [1.54, 1.807) is 0 Å². The fourth-order valence-corrected chi connectivity index (χ4v) is 2.88. The van der Waals surface area contributed by atoms with Crippen LogP contribution in [-0.4, -0.2) is 58.4 Å². The number of amides is 2. The van der Waals surface area contributed by atoms with Crippen LogP contribution in [0.4, 0.5) is 0 Å². The molecule has 136 valence electrons. The van der Waals surface area contributed by atoms with Crippen molar-refractivity contribution in [2.75, 3.05) is 19.6 Å². The second-order valence-electron chi connectivity index (χ2n) is 6.18. The summed E-state index contributed by atoms with van der Waals surface area (Å²) in [5, 5.41) is 5.75. The number of carbonyl (C=O) groups is 2. The summed E-state index contributed by atoms with van der Waals surface area (Å²) in [6, 6.07) is -0.429. The van der Waals surface area contributed by atoms with E-state index in [2.05, 4.69) is 25.5 Å². The predicted molar refractivity (Wildman–Crippen MR) is 94.2 cm³/mol. The van der Waals surface area contributed by atoms with E-state index >= 15 is 0 Å². The van der Waals surface area contributed by atoms with Gasteiger partial charge in [0.1, 0.15) is 5.69 Å². The molecule has 2 amide bonds. The number of allylic oxidation sites excluding steroid dienone is 1. The Morgan fingerprint density at radius 1 is 1.48 bits per heavy atom. The molecule has 0 aliphatic carbocycles. The third-order valence-corrected chi connectivity index (χ3v) is 4.24. The number of hydrogen-bond acceptors (Lipinski definition) is 5. The molecule has 25 heavy (non-hydrogen) atoms. The lowest BCUT2D eigenvalue weighted by Crippen LogP contribution is -2.43. The minimum absolute atomic E-state index is 0.0229. The number of nitrogens with zero attached hydrogens (tertiary/aromatic N) is 2. The van der Waals surface area contributed by atoms with Crippen molar-refractivity contribution < 1.29 is 9.59 Å². The highest BCUT2D eigenvalue weighted by molar-refractivity contribution is 5.92. The van der Waals surface area contributed by atoms with Gasteiger partial charge in [0, 0.05) is 31.9 Å². The molecule has 3 N–H and O–H groups in total. The molecule has 0 spiro atoms. The third-order valence-electron chi connectivity index (χ3n) is 4.24. The van der Waals surface area contributed by atoms with Crippen LogP contribution < -0.4 is 16.2 Å². The lowest BCUT2D eigenvalue weighted by molar-refractivity contribution is -0.125. The van der Waals surface area contributed by atoms with Gasteiger partial charge in [-0.25, -0.2) is 4.98 Å². The average molecular weight is 347 g/mol. The molecule has 0 bridgehead atoms. The number of H-pyrrole nitrogens is 1. The van der Waals surface area contributed by atoms with Gasteiger partial charge in [-0.3, -0.25) is 19.3 Å². The van der Waals surface area contributed by atoms with Crippen LogP contribution in [0, 0.1) is 0 Å². The van der Waals surface area contributed by atoms with Gasteiger partial charge < -0.3 is 15.6 Å². The number of likely N-dealkylation sites (N-methyl/N-ethyl adjacent to an activating group) is 1. The topological polar surface area (TPSA) is 107 Å². The fraction of sp³-hybridized carbons (Fsp3) is 0.529. The van der Waals surface area contributed by atoms with E-state index in [1.165, 1.54) is 11.8 Å². The molecule has 1 fully saturated rings. The van der Waals surface area contributed by atoms with Gasteiger partial charge in [0.05, 0.1) is 12.2 Å². The van der Waals surface area contributed by atoms with Crippen LogP contribution in [0.5, 0.6) is 0 Å². The van der Waals surface area contributed by atoms with E-state index in [9.17, 15) is 14.4 Å². The molecule has 2 rings (SSSR count). The summed E-state index contributed by atoms with van der Waals surface area (Å²) in [7, 11) is 0. The summed E-state index contributed by atoms with van der Waals surface area (Å²) < 4.78 is 0. The molecule has 1 aliphatic rings. The summed E-state index contributed by atoms with van der Waals surface area (Å²) >= 11 is 0. The highest BCUT2D eigenvalue weighted by Gasteiger charge is 2.37. The second-order valence-corrected chi connectivity index (χ2v) is 6.18. The minimum Gasteiger partial charge on any atom is -0.355 e. The maximum Gasteiger partial charge on any atom is 0.271 e. The van der Waals surface area contributed by atoms with Gasteiger partial charge in [0.15, 0.2) is 0 Å². The zero-order valence-electron chi connectivity index (χ0n) is 14.8. The predicted octanol–water partition coefficient (Wildman–Crippen LogP) is 0.0449. The summed E-state index contributed by atoms with van der Waals surface area (Å²) in [5.41, 5.74) is 0.961. The molecule has 2 heterocycles. The number of hydrogen-bond donors (Lipinski definition) is 3. The Labute approximate surface area is 146 Å². The molecule has 0 radical (unpaired) electrons. The van der Waals surface area contributed by atoms with Crippen LogP contribution in [0.3, 0.4) is 0 Å². The summed E-state index contributed by atoms with van der Waals surface area (Å²) in [5.74, 6) is -0.383. The van der Waals surface area contributed by atoms with E-state index in [-0.39, 0.29) is 35.2 Å². The number of aromatic nitrogens is 2. The van der Waals surface area contributed by atoms with Crippen LogP contribution in [-0.2, 0) is 4.79 Å². The number of likely N-dealkylation sites (tertiary alicyclic amines) is 1. The first-order chi connectivity index (χ1) is 11.9. The maximum atomic E-state index is 12.3. The molecule has 0 saturated carbocycles. The molecule has 8 heteroatoms. The molecular formula is C17H25N5O3. The average Bonchev–Trinajstić information content (AvgIpc) is 2.97. The monoisotopic (exact) mass is 347 g/mol. The van der Waals surface area contributed by atoms with Crippen LogP contribution in [0.15, 0.2) is 28.8 Å². The van der Waals surface area contributed by atoms with Crippen molar-refractivity contribution in [3.63, 3.8) is 0 Å². The van der Waals surface area contributed by atoms with Crippen molar-refractivity contribution in [2.24, 2.45) is 0 Å². The highest BCUT2D eigenvalue weighted by Crippen LogP contribution is 2.20. The van der Waals surface area contributed by atoms with Gasteiger partial charge in [-0.05, 0) is 27.2 Å². The van der Waals surface area contributed by atoms with Crippen LogP contribution in [0.1, 0.15) is 37.7 Å². The van der Waals surface area contributed by atoms with Crippen LogP contribution in [0.25, 0.3) is 0 Å². The first-order valence-electron chi connectivity index (χ1n) is 8.43. The van der Waals surface area contributed by atoms with Crippen LogP contribution >= 0.6 is 0 Å². The quantitative estimate of drug-likeness (QED) is 0.630. The fourth-order valence-electron chi connectivity index (χ4n) is 2.88. The van der Waals surface area contributed by atoms with Gasteiger partial charge in [0.2, 0.25) is 5.91 Å². The lowest BCUT2D eigenvalue weighted by Gasteiger charge is -2.23. The summed E-state index contributed by atoms with van der Waals surface area (Å²) in [4.78, 5) is 44.0.